The summed E-state index contributed by atoms with van der Waals surface area (Å²) in [5.41, 5.74) is 0. The molecule has 0 bridgehead atoms. The number of hydrogen-bond acceptors (Lipinski definition) is 1. The second kappa shape index (κ2) is 6.37. The van der Waals surface area contributed by atoms with Gasteiger partial charge in [-0.2, -0.15) is 0 Å². The minimum atomic E-state index is 0.245. The Labute approximate surface area is 97.8 Å². The summed E-state index contributed by atoms with van der Waals surface area (Å²) in [6.45, 7) is 4.27. The van der Waals surface area contributed by atoms with Gasteiger partial charge in [-0.1, -0.05) is 20.3 Å². The van der Waals surface area contributed by atoms with Gasteiger partial charge in [0.05, 0.1) is 0 Å². The van der Waals surface area contributed by atoms with Crippen molar-refractivity contribution in [1.29, 1.82) is 0 Å². The highest BCUT2D eigenvalue weighted by Gasteiger charge is 2.30. The Morgan fingerprint density at radius 3 is 2.73 bits per heavy atom. The normalized spacial score (nSPS) is 27.7. The maximum absolute atomic E-state index is 11.9. The van der Waals surface area contributed by atoms with Gasteiger partial charge in [0.15, 0.2) is 0 Å². The summed E-state index contributed by atoms with van der Waals surface area (Å²) in [5.74, 6) is 1.67. The molecule has 0 aliphatic heterocycles. The van der Waals surface area contributed by atoms with E-state index in [9.17, 15) is 4.79 Å². The van der Waals surface area contributed by atoms with Crippen molar-refractivity contribution in [3.05, 3.63) is 0 Å². The number of nitrogens with one attached hydrogen (secondary N) is 1. The minimum absolute atomic E-state index is 0.245. The number of alkyl halides is 1. The molecule has 1 amide bonds. The molecule has 0 aromatic heterocycles. The molecular weight excluding hydrogens is 210 g/mol. The quantitative estimate of drug-likeness (QED) is 0.725. The molecular formula is C12H22ClNO. The first kappa shape index (κ1) is 12.8. The zero-order valence-electron chi connectivity index (χ0n) is 9.76. The van der Waals surface area contributed by atoms with Crippen molar-refractivity contribution in [2.24, 2.45) is 11.8 Å². The number of amides is 1. The van der Waals surface area contributed by atoms with E-state index >= 15 is 0 Å². The average molecular weight is 232 g/mol. The molecule has 15 heavy (non-hydrogen) atoms. The van der Waals surface area contributed by atoms with E-state index in [-0.39, 0.29) is 17.9 Å². The SMILES string of the molecule is CCC(CCCl)NC(=O)C1CCCC1C. The molecule has 1 rings (SSSR count). The zero-order chi connectivity index (χ0) is 11.3. The molecule has 0 aromatic rings. The summed E-state index contributed by atoms with van der Waals surface area (Å²) >= 11 is 5.70. The third-order valence-corrected chi connectivity index (χ3v) is 3.71. The molecule has 0 radical (unpaired) electrons. The lowest BCUT2D eigenvalue weighted by Crippen LogP contribution is -2.39. The van der Waals surface area contributed by atoms with E-state index in [0.717, 1.165) is 19.3 Å². The summed E-state index contributed by atoms with van der Waals surface area (Å²) in [4.78, 5) is 11.9. The van der Waals surface area contributed by atoms with Gasteiger partial charge in [0.2, 0.25) is 5.91 Å². The lowest BCUT2D eigenvalue weighted by molar-refractivity contribution is -0.126. The zero-order valence-corrected chi connectivity index (χ0v) is 10.5. The van der Waals surface area contributed by atoms with Crippen LogP contribution < -0.4 is 5.32 Å². The Balaban J connectivity index is 2.39. The van der Waals surface area contributed by atoms with Crippen LogP contribution in [0.5, 0.6) is 0 Å². The van der Waals surface area contributed by atoms with E-state index in [1.54, 1.807) is 0 Å². The molecule has 0 spiro atoms. The molecule has 1 saturated carbocycles. The van der Waals surface area contributed by atoms with Crippen LogP contribution in [-0.4, -0.2) is 17.8 Å². The lowest BCUT2D eigenvalue weighted by Gasteiger charge is -2.20. The fourth-order valence-corrected chi connectivity index (χ4v) is 2.62. The van der Waals surface area contributed by atoms with E-state index in [1.807, 2.05) is 0 Å². The molecule has 3 unspecified atom stereocenters. The predicted octanol–water partition coefficient (Wildman–Crippen LogP) is 2.95. The third-order valence-electron chi connectivity index (χ3n) is 3.50. The van der Waals surface area contributed by atoms with Crippen molar-refractivity contribution >= 4 is 17.5 Å². The van der Waals surface area contributed by atoms with Gasteiger partial charge in [0.1, 0.15) is 0 Å². The number of carbonyl (C=O) groups is 1. The molecule has 0 heterocycles. The Kier molecular flexibility index (Phi) is 5.44. The monoisotopic (exact) mass is 231 g/mol. The van der Waals surface area contributed by atoms with Gasteiger partial charge in [0.25, 0.3) is 0 Å². The highest BCUT2D eigenvalue weighted by Crippen LogP contribution is 2.31. The van der Waals surface area contributed by atoms with Crippen LogP contribution in [0, 0.1) is 11.8 Å². The van der Waals surface area contributed by atoms with Crippen molar-refractivity contribution in [2.45, 2.75) is 52.0 Å². The van der Waals surface area contributed by atoms with Crippen molar-refractivity contribution in [2.75, 3.05) is 5.88 Å². The van der Waals surface area contributed by atoms with E-state index < -0.39 is 0 Å². The highest BCUT2D eigenvalue weighted by molar-refractivity contribution is 6.17. The first-order valence-electron chi connectivity index (χ1n) is 6.05. The van der Waals surface area contributed by atoms with Gasteiger partial charge in [-0.15, -0.1) is 11.6 Å². The largest absolute Gasteiger partial charge is 0.353 e. The molecule has 0 saturated heterocycles. The first-order valence-corrected chi connectivity index (χ1v) is 6.58. The fourth-order valence-electron chi connectivity index (χ4n) is 2.35. The molecule has 1 fully saturated rings. The van der Waals surface area contributed by atoms with Crippen LogP contribution in [0.15, 0.2) is 0 Å². The average Bonchev–Trinajstić information content (AvgIpc) is 2.63. The summed E-state index contributed by atoms with van der Waals surface area (Å²) < 4.78 is 0. The second-order valence-corrected chi connectivity index (χ2v) is 4.98. The van der Waals surface area contributed by atoms with Crippen LogP contribution in [0.3, 0.4) is 0 Å². The van der Waals surface area contributed by atoms with E-state index in [0.29, 0.717) is 11.8 Å². The van der Waals surface area contributed by atoms with Gasteiger partial charge < -0.3 is 5.32 Å². The maximum Gasteiger partial charge on any atom is 0.223 e. The Morgan fingerprint density at radius 2 is 2.27 bits per heavy atom. The molecule has 1 N–H and O–H groups in total. The van der Waals surface area contributed by atoms with Crippen LogP contribution in [0.4, 0.5) is 0 Å². The van der Waals surface area contributed by atoms with E-state index in [4.69, 9.17) is 11.6 Å². The van der Waals surface area contributed by atoms with Crippen LogP contribution >= 0.6 is 11.6 Å². The Bertz CT molecular complexity index is 208. The smallest absolute Gasteiger partial charge is 0.223 e. The third kappa shape index (κ3) is 3.67. The predicted molar refractivity (Wildman–Crippen MR) is 64.1 cm³/mol. The van der Waals surface area contributed by atoms with Crippen LogP contribution in [0.1, 0.15) is 46.0 Å². The molecule has 2 nitrogen and oxygen atoms in total. The van der Waals surface area contributed by atoms with E-state index in [1.165, 1.54) is 12.8 Å². The van der Waals surface area contributed by atoms with Crippen molar-refractivity contribution in [1.82, 2.24) is 5.32 Å². The van der Waals surface area contributed by atoms with Crippen molar-refractivity contribution in [3.8, 4) is 0 Å². The Hall–Kier alpha value is -0.240. The molecule has 3 atom stereocenters. The molecule has 0 aromatic carbocycles. The second-order valence-electron chi connectivity index (χ2n) is 4.61. The summed E-state index contributed by atoms with van der Waals surface area (Å²) in [7, 11) is 0. The van der Waals surface area contributed by atoms with Crippen molar-refractivity contribution in [3.63, 3.8) is 0 Å². The standard InChI is InChI=1S/C12H22ClNO/c1-3-10(7-8-13)14-12(15)11-6-4-5-9(11)2/h9-11H,3-8H2,1-2H3,(H,14,15). The van der Waals surface area contributed by atoms with E-state index in [2.05, 4.69) is 19.2 Å². The van der Waals surface area contributed by atoms with Crippen LogP contribution in [-0.2, 0) is 4.79 Å². The molecule has 88 valence electrons. The highest BCUT2D eigenvalue weighted by atomic mass is 35.5. The number of halogens is 1. The minimum Gasteiger partial charge on any atom is -0.353 e. The number of hydrogen-bond donors (Lipinski definition) is 1. The first-order chi connectivity index (χ1) is 7.19. The van der Waals surface area contributed by atoms with Crippen molar-refractivity contribution < 1.29 is 4.79 Å². The topological polar surface area (TPSA) is 29.1 Å². The molecule has 3 heteroatoms. The van der Waals surface area contributed by atoms with Gasteiger partial charge >= 0.3 is 0 Å². The lowest BCUT2D eigenvalue weighted by atomic mass is 9.96. The van der Waals surface area contributed by atoms with Crippen LogP contribution in [0.25, 0.3) is 0 Å². The fraction of sp³-hybridized carbons (Fsp3) is 0.917. The number of rotatable bonds is 5. The summed E-state index contributed by atoms with van der Waals surface area (Å²) in [6.07, 6.45) is 5.31. The van der Waals surface area contributed by atoms with Gasteiger partial charge in [-0.25, -0.2) is 0 Å². The summed E-state index contributed by atoms with van der Waals surface area (Å²) in [5, 5.41) is 3.12. The Morgan fingerprint density at radius 1 is 1.53 bits per heavy atom. The molecule has 1 aliphatic carbocycles. The van der Waals surface area contributed by atoms with Gasteiger partial charge in [0, 0.05) is 17.8 Å². The molecule has 1 aliphatic rings. The number of carbonyl (C=O) groups excluding carboxylic acids is 1. The van der Waals surface area contributed by atoms with Gasteiger partial charge in [-0.05, 0) is 31.6 Å². The van der Waals surface area contributed by atoms with Crippen LogP contribution in [0.2, 0.25) is 0 Å². The summed E-state index contributed by atoms with van der Waals surface area (Å²) in [6, 6.07) is 0.266. The van der Waals surface area contributed by atoms with Gasteiger partial charge in [-0.3, -0.25) is 4.79 Å². The maximum atomic E-state index is 11.9.